The Hall–Kier alpha value is -2.38. The van der Waals surface area contributed by atoms with E-state index in [-0.39, 0.29) is 10.8 Å². The van der Waals surface area contributed by atoms with Crippen LogP contribution in [0.15, 0.2) is 47.4 Å². The Morgan fingerprint density at radius 1 is 1.14 bits per heavy atom. The predicted molar refractivity (Wildman–Crippen MR) is 81.9 cm³/mol. The molecule has 2 aromatic carbocycles. The van der Waals surface area contributed by atoms with Crippen LogP contribution < -0.4 is 10.1 Å². The number of ether oxygens (including phenoxy) is 1. The van der Waals surface area contributed by atoms with Gasteiger partial charge < -0.3 is 10.1 Å². The summed E-state index contributed by atoms with van der Waals surface area (Å²) < 4.78 is 36.1. The number of nitrogens with one attached hydrogen (secondary N) is 1. The minimum Gasteiger partial charge on any atom is -0.497 e. The van der Waals surface area contributed by atoms with Crippen molar-refractivity contribution in [3.8, 4) is 5.75 Å². The fraction of sp³-hybridized carbons (Fsp3) is 0.133. The van der Waals surface area contributed by atoms with E-state index in [9.17, 15) is 13.2 Å². The molecule has 22 heavy (non-hydrogen) atoms. The number of rotatable bonds is 4. The van der Waals surface area contributed by atoms with Crippen LogP contribution in [0.3, 0.4) is 0 Å². The molecule has 0 saturated heterocycles. The molecule has 0 aromatic heterocycles. The number of hydrogen-bond acceptors (Lipinski definition) is 4. The van der Waals surface area contributed by atoms with E-state index in [1.54, 1.807) is 31.2 Å². The van der Waals surface area contributed by atoms with Crippen molar-refractivity contribution >= 4 is 21.7 Å². The molecule has 2 rings (SSSR count). The van der Waals surface area contributed by atoms with E-state index in [0.717, 1.165) is 0 Å². The quantitative estimate of drug-likeness (QED) is 0.844. The van der Waals surface area contributed by atoms with Gasteiger partial charge in [-0.3, -0.25) is 9.35 Å². The topological polar surface area (TPSA) is 92.7 Å². The Kier molecular flexibility index (Phi) is 4.48. The summed E-state index contributed by atoms with van der Waals surface area (Å²) in [6.45, 7) is 1.64. The summed E-state index contributed by atoms with van der Waals surface area (Å²) in [7, 11) is -2.72. The molecular weight excluding hydrogens is 306 g/mol. The molecule has 0 radical (unpaired) electrons. The minimum absolute atomic E-state index is 0.215. The van der Waals surface area contributed by atoms with Gasteiger partial charge in [0.2, 0.25) is 0 Å². The summed E-state index contributed by atoms with van der Waals surface area (Å²) in [5.41, 5.74) is 1.43. The van der Waals surface area contributed by atoms with Gasteiger partial charge in [-0.25, -0.2) is 0 Å². The fourth-order valence-corrected chi connectivity index (χ4v) is 2.44. The molecule has 0 aliphatic rings. The van der Waals surface area contributed by atoms with Crippen LogP contribution in [0.2, 0.25) is 0 Å². The van der Waals surface area contributed by atoms with E-state index in [2.05, 4.69) is 5.32 Å². The monoisotopic (exact) mass is 321 g/mol. The highest BCUT2D eigenvalue weighted by atomic mass is 32.2. The highest BCUT2D eigenvalue weighted by Gasteiger charge is 2.13. The van der Waals surface area contributed by atoms with Crippen molar-refractivity contribution in [1.82, 2.24) is 0 Å². The molecule has 7 heteroatoms. The van der Waals surface area contributed by atoms with Crippen molar-refractivity contribution in [3.63, 3.8) is 0 Å². The Labute approximate surface area is 128 Å². The highest BCUT2D eigenvalue weighted by Crippen LogP contribution is 2.20. The Morgan fingerprint density at radius 2 is 1.77 bits per heavy atom. The molecule has 0 aliphatic heterocycles. The predicted octanol–water partition coefficient (Wildman–Crippen LogP) is 2.50. The molecule has 0 unspecified atom stereocenters. The third-order valence-corrected chi connectivity index (χ3v) is 3.95. The van der Waals surface area contributed by atoms with Crippen LogP contribution in [0.5, 0.6) is 5.75 Å². The Bertz CT molecular complexity index is 797. The fourth-order valence-electron chi connectivity index (χ4n) is 1.87. The second-order valence-corrected chi connectivity index (χ2v) is 6.06. The van der Waals surface area contributed by atoms with Gasteiger partial charge in [0.15, 0.2) is 0 Å². The van der Waals surface area contributed by atoms with Crippen LogP contribution in [-0.4, -0.2) is 26.0 Å². The molecule has 0 spiro atoms. The maximum atomic E-state index is 12.1. The summed E-state index contributed by atoms with van der Waals surface area (Å²) in [6.07, 6.45) is 0. The normalized spacial score (nSPS) is 11.0. The Balaban J connectivity index is 2.21. The van der Waals surface area contributed by atoms with Crippen molar-refractivity contribution in [2.45, 2.75) is 11.8 Å². The van der Waals surface area contributed by atoms with E-state index >= 15 is 0 Å². The van der Waals surface area contributed by atoms with Gasteiger partial charge >= 0.3 is 0 Å². The van der Waals surface area contributed by atoms with E-state index in [0.29, 0.717) is 22.6 Å². The minimum atomic E-state index is -4.26. The maximum Gasteiger partial charge on any atom is 0.294 e. The van der Waals surface area contributed by atoms with Gasteiger partial charge in [-0.05, 0) is 55.0 Å². The van der Waals surface area contributed by atoms with Crippen LogP contribution in [0.4, 0.5) is 5.69 Å². The van der Waals surface area contributed by atoms with Gasteiger partial charge in [-0.2, -0.15) is 8.42 Å². The number of hydrogen-bond donors (Lipinski definition) is 2. The molecule has 116 valence electrons. The molecule has 2 aromatic rings. The number of benzene rings is 2. The molecule has 0 aliphatic carbocycles. The number of amides is 1. The first-order valence-corrected chi connectivity index (χ1v) is 7.79. The van der Waals surface area contributed by atoms with Gasteiger partial charge in [0.25, 0.3) is 16.0 Å². The van der Waals surface area contributed by atoms with Crippen molar-refractivity contribution in [2.24, 2.45) is 0 Å². The van der Waals surface area contributed by atoms with Crippen molar-refractivity contribution in [3.05, 3.63) is 53.6 Å². The molecule has 0 fully saturated rings. The molecule has 0 heterocycles. The van der Waals surface area contributed by atoms with Crippen molar-refractivity contribution in [2.75, 3.05) is 12.4 Å². The number of carbonyl (C=O) groups excluding carboxylic acids is 1. The lowest BCUT2D eigenvalue weighted by Crippen LogP contribution is -2.13. The summed E-state index contributed by atoms with van der Waals surface area (Å²) in [6, 6.07) is 10.5. The first-order valence-electron chi connectivity index (χ1n) is 6.35. The molecule has 1 amide bonds. The van der Waals surface area contributed by atoms with Crippen LogP contribution in [0.1, 0.15) is 15.9 Å². The standard InChI is InChI=1S/C15H15NO5S/c1-10-9-13(22(18,19)20)7-8-14(10)16-15(17)11-3-5-12(21-2)6-4-11/h3-9H,1-2H3,(H,16,17)(H,18,19,20). The summed E-state index contributed by atoms with van der Waals surface area (Å²) in [5.74, 6) is 0.315. The second-order valence-electron chi connectivity index (χ2n) is 4.63. The van der Waals surface area contributed by atoms with Gasteiger partial charge in [-0.1, -0.05) is 0 Å². The van der Waals surface area contributed by atoms with Crippen molar-refractivity contribution < 1.29 is 22.5 Å². The summed E-state index contributed by atoms with van der Waals surface area (Å²) in [4.78, 5) is 11.9. The lowest BCUT2D eigenvalue weighted by molar-refractivity contribution is 0.102. The van der Waals surface area contributed by atoms with Crippen LogP contribution >= 0.6 is 0 Å². The molecule has 6 nitrogen and oxygen atoms in total. The zero-order valence-electron chi connectivity index (χ0n) is 12.0. The lowest BCUT2D eigenvalue weighted by atomic mass is 10.1. The third-order valence-electron chi connectivity index (χ3n) is 3.10. The number of anilines is 1. The second kappa shape index (κ2) is 6.17. The lowest BCUT2D eigenvalue weighted by Gasteiger charge is -2.10. The van der Waals surface area contributed by atoms with Crippen LogP contribution in [-0.2, 0) is 10.1 Å². The van der Waals surface area contributed by atoms with E-state index in [1.807, 2.05) is 0 Å². The van der Waals surface area contributed by atoms with Gasteiger partial charge in [0, 0.05) is 11.3 Å². The number of aryl methyl sites for hydroxylation is 1. The summed E-state index contributed by atoms with van der Waals surface area (Å²) in [5, 5.41) is 2.69. The number of methoxy groups -OCH3 is 1. The van der Waals surface area contributed by atoms with Crippen molar-refractivity contribution in [1.29, 1.82) is 0 Å². The largest absolute Gasteiger partial charge is 0.497 e. The smallest absolute Gasteiger partial charge is 0.294 e. The zero-order chi connectivity index (χ0) is 16.3. The zero-order valence-corrected chi connectivity index (χ0v) is 12.8. The maximum absolute atomic E-state index is 12.1. The molecule has 2 N–H and O–H groups in total. The molecular formula is C15H15NO5S. The van der Waals surface area contributed by atoms with Crippen LogP contribution in [0, 0.1) is 6.92 Å². The Morgan fingerprint density at radius 3 is 2.27 bits per heavy atom. The number of carbonyl (C=O) groups is 1. The van der Waals surface area contributed by atoms with Gasteiger partial charge in [-0.15, -0.1) is 0 Å². The van der Waals surface area contributed by atoms with E-state index in [1.165, 1.54) is 25.3 Å². The molecule has 0 saturated carbocycles. The first kappa shape index (κ1) is 16.0. The average Bonchev–Trinajstić information content (AvgIpc) is 2.48. The van der Waals surface area contributed by atoms with E-state index < -0.39 is 10.1 Å². The average molecular weight is 321 g/mol. The first-order chi connectivity index (χ1) is 10.3. The van der Waals surface area contributed by atoms with Gasteiger partial charge in [0.05, 0.1) is 12.0 Å². The third kappa shape index (κ3) is 3.63. The summed E-state index contributed by atoms with van der Waals surface area (Å²) >= 11 is 0. The van der Waals surface area contributed by atoms with E-state index in [4.69, 9.17) is 9.29 Å². The van der Waals surface area contributed by atoms with Crippen LogP contribution in [0.25, 0.3) is 0 Å². The SMILES string of the molecule is COc1ccc(C(=O)Nc2ccc(S(=O)(=O)O)cc2C)cc1. The van der Waals surface area contributed by atoms with Gasteiger partial charge in [0.1, 0.15) is 5.75 Å². The highest BCUT2D eigenvalue weighted by molar-refractivity contribution is 7.85. The molecule has 0 bridgehead atoms. The molecule has 0 atom stereocenters.